The van der Waals surface area contributed by atoms with E-state index in [0.29, 0.717) is 32.7 Å². The van der Waals surface area contributed by atoms with E-state index in [9.17, 15) is 9.59 Å². The molecule has 1 heterocycles. The van der Waals surface area contributed by atoms with Crippen molar-refractivity contribution in [3.8, 4) is 0 Å². The normalized spacial score (nSPS) is 17.1. The number of amides is 1. The van der Waals surface area contributed by atoms with Gasteiger partial charge in [-0.1, -0.05) is 0 Å². The van der Waals surface area contributed by atoms with Gasteiger partial charge < -0.3 is 14.7 Å². The smallest absolute Gasteiger partial charge is 0.304 e. The molecule has 0 aromatic rings. The Morgan fingerprint density at radius 3 is 2.35 bits per heavy atom. The maximum absolute atomic E-state index is 11.7. The van der Waals surface area contributed by atoms with E-state index in [0.717, 1.165) is 13.1 Å². The molecule has 0 radical (unpaired) electrons. The predicted molar refractivity (Wildman–Crippen MR) is 61.8 cm³/mol. The maximum atomic E-state index is 11.7. The summed E-state index contributed by atoms with van der Waals surface area (Å²) in [7, 11) is 1.58. The summed E-state index contributed by atoms with van der Waals surface area (Å²) in [4.78, 5) is 26.0. The van der Waals surface area contributed by atoms with Crippen LogP contribution in [0, 0.1) is 0 Å². The lowest BCUT2D eigenvalue weighted by Gasteiger charge is -2.34. The molecule has 1 rings (SSSR count). The topological polar surface area (TPSA) is 70.1 Å². The second-order valence-electron chi connectivity index (χ2n) is 4.11. The van der Waals surface area contributed by atoms with Crippen molar-refractivity contribution in [2.45, 2.75) is 12.8 Å². The molecule has 17 heavy (non-hydrogen) atoms. The molecular formula is C11H20N2O4. The van der Waals surface area contributed by atoms with Gasteiger partial charge in [-0.05, 0) is 0 Å². The summed E-state index contributed by atoms with van der Waals surface area (Å²) in [6.45, 7) is 3.90. The standard InChI is InChI=1S/C11H20N2O4/c1-17-9-3-10(14)13-7-5-12(6-8-13)4-2-11(15)16/h2-9H2,1H3,(H,15,16). The van der Waals surface area contributed by atoms with Crippen LogP contribution in [-0.2, 0) is 14.3 Å². The number of aliphatic carboxylic acids is 1. The number of piperazine rings is 1. The Balaban J connectivity index is 2.20. The molecule has 1 amide bonds. The minimum atomic E-state index is -0.774. The van der Waals surface area contributed by atoms with Crippen molar-refractivity contribution in [2.75, 3.05) is 46.4 Å². The van der Waals surface area contributed by atoms with Crippen molar-refractivity contribution in [3.63, 3.8) is 0 Å². The summed E-state index contributed by atoms with van der Waals surface area (Å²) < 4.78 is 4.87. The lowest BCUT2D eigenvalue weighted by atomic mass is 10.2. The Bertz CT molecular complexity index is 262. The monoisotopic (exact) mass is 244 g/mol. The molecule has 0 saturated carbocycles. The summed E-state index contributed by atoms with van der Waals surface area (Å²) in [6, 6.07) is 0. The van der Waals surface area contributed by atoms with E-state index in [1.807, 2.05) is 4.90 Å². The van der Waals surface area contributed by atoms with Crippen LogP contribution in [0.2, 0.25) is 0 Å². The largest absolute Gasteiger partial charge is 0.481 e. The summed E-state index contributed by atoms with van der Waals surface area (Å²) in [5.74, 6) is -0.659. The van der Waals surface area contributed by atoms with E-state index in [1.54, 1.807) is 7.11 Å². The highest BCUT2D eigenvalue weighted by Crippen LogP contribution is 2.04. The average molecular weight is 244 g/mol. The molecule has 0 unspecified atom stereocenters. The fourth-order valence-corrected chi connectivity index (χ4v) is 1.82. The Morgan fingerprint density at radius 2 is 1.82 bits per heavy atom. The zero-order chi connectivity index (χ0) is 12.7. The SMILES string of the molecule is COCCC(=O)N1CCN(CCC(=O)O)CC1. The van der Waals surface area contributed by atoms with Gasteiger partial charge in [0.2, 0.25) is 5.91 Å². The fourth-order valence-electron chi connectivity index (χ4n) is 1.82. The number of carboxylic acids is 1. The van der Waals surface area contributed by atoms with Crippen molar-refractivity contribution >= 4 is 11.9 Å². The van der Waals surface area contributed by atoms with E-state index in [4.69, 9.17) is 9.84 Å². The van der Waals surface area contributed by atoms with Crippen molar-refractivity contribution < 1.29 is 19.4 Å². The first-order valence-corrected chi connectivity index (χ1v) is 5.84. The van der Waals surface area contributed by atoms with Crippen molar-refractivity contribution in [2.24, 2.45) is 0 Å². The maximum Gasteiger partial charge on any atom is 0.304 e. The van der Waals surface area contributed by atoms with Gasteiger partial charge >= 0.3 is 5.97 Å². The third-order valence-corrected chi connectivity index (χ3v) is 2.89. The first kappa shape index (κ1) is 13.9. The molecule has 1 aliphatic rings. The third kappa shape index (κ3) is 5.14. The molecular weight excluding hydrogens is 224 g/mol. The van der Waals surface area contributed by atoms with Crippen LogP contribution in [0.1, 0.15) is 12.8 Å². The highest BCUT2D eigenvalue weighted by atomic mass is 16.5. The molecule has 0 atom stereocenters. The molecule has 0 aromatic carbocycles. The van der Waals surface area contributed by atoms with Crippen LogP contribution in [0.4, 0.5) is 0 Å². The van der Waals surface area contributed by atoms with Crippen LogP contribution in [-0.4, -0.2) is 73.2 Å². The number of methoxy groups -OCH3 is 1. The summed E-state index contributed by atoms with van der Waals surface area (Å²) in [5, 5.41) is 8.58. The number of hydrogen-bond donors (Lipinski definition) is 1. The molecule has 6 nitrogen and oxygen atoms in total. The number of carbonyl (C=O) groups excluding carboxylic acids is 1. The Morgan fingerprint density at radius 1 is 1.18 bits per heavy atom. The first-order valence-electron chi connectivity index (χ1n) is 5.84. The number of carbonyl (C=O) groups is 2. The second-order valence-corrected chi connectivity index (χ2v) is 4.11. The van der Waals surface area contributed by atoms with E-state index < -0.39 is 5.97 Å². The van der Waals surface area contributed by atoms with Crippen LogP contribution >= 0.6 is 0 Å². The fraction of sp³-hybridized carbons (Fsp3) is 0.818. The number of nitrogens with zero attached hydrogens (tertiary/aromatic N) is 2. The highest BCUT2D eigenvalue weighted by molar-refractivity contribution is 5.76. The lowest BCUT2D eigenvalue weighted by molar-refractivity contribution is -0.138. The highest BCUT2D eigenvalue weighted by Gasteiger charge is 2.20. The summed E-state index contributed by atoms with van der Waals surface area (Å²) in [5.41, 5.74) is 0. The molecule has 6 heteroatoms. The van der Waals surface area contributed by atoms with E-state index in [-0.39, 0.29) is 12.3 Å². The van der Waals surface area contributed by atoms with Crippen LogP contribution in [0.25, 0.3) is 0 Å². The van der Waals surface area contributed by atoms with Crippen molar-refractivity contribution in [3.05, 3.63) is 0 Å². The number of carboxylic acid groups (broad SMARTS) is 1. The van der Waals surface area contributed by atoms with Gasteiger partial charge in [0.1, 0.15) is 0 Å². The Labute approximate surface area is 101 Å². The third-order valence-electron chi connectivity index (χ3n) is 2.89. The van der Waals surface area contributed by atoms with E-state index >= 15 is 0 Å². The molecule has 0 bridgehead atoms. The molecule has 0 spiro atoms. The van der Waals surface area contributed by atoms with Crippen molar-refractivity contribution in [1.82, 2.24) is 9.80 Å². The minimum Gasteiger partial charge on any atom is -0.481 e. The molecule has 1 aliphatic heterocycles. The molecule has 98 valence electrons. The van der Waals surface area contributed by atoms with Crippen LogP contribution < -0.4 is 0 Å². The van der Waals surface area contributed by atoms with Crippen LogP contribution in [0.3, 0.4) is 0 Å². The number of hydrogen-bond acceptors (Lipinski definition) is 4. The van der Waals surface area contributed by atoms with Gasteiger partial charge in [-0.2, -0.15) is 0 Å². The Hall–Kier alpha value is -1.14. The van der Waals surface area contributed by atoms with Crippen LogP contribution in [0.15, 0.2) is 0 Å². The molecule has 0 aliphatic carbocycles. The number of ether oxygens (including phenoxy) is 1. The van der Waals surface area contributed by atoms with E-state index in [2.05, 4.69) is 4.90 Å². The average Bonchev–Trinajstić information content (AvgIpc) is 2.34. The van der Waals surface area contributed by atoms with Gasteiger partial charge in [0.05, 0.1) is 19.4 Å². The minimum absolute atomic E-state index is 0.115. The van der Waals surface area contributed by atoms with Gasteiger partial charge in [-0.3, -0.25) is 14.5 Å². The first-order chi connectivity index (χ1) is 8.13. The van der Waals surface area contributed by atoms with Crippen molar-refractivity contribution in [1.29, 1.82) is 0 Å². The molecule has 1 fully saturated rings. The Kier molecular flexibility index (Phi) is 5.93. The lowest BCUT2D eigenvalue weighted by Crippen LogP contribution is -2.49. The van der Waals surface area contributed by atoms with Gasteiger partial charge in [0.25, 0.3) is 0 Å². The van der Waals surface area contributed by atoms with E-state index in [1.165, 1.54) is 0 Å². The predicted octanol–water partition coefficient (Wildman–Crippen LogP) is -0.358. The summed E-state index contributed by atoms with van der Waals surface area (Å²) >= 11 is 0. The van der Waals surface area contributed by atoms with Gasteiger partial charge in [0, 0.05) is 39.8 Å². The van der Waals surface area contributed by atoms with Gasteiger partial charge in [-0.25, -0.2) is 0 Å². The zero-order valence-electron chi connectivity index (χ0n) is 10.2. The molecule has 0 aromatic heterocycles. The molecule has 1 N–H and O–H groups in total. The zero-order valence-corrected chi connectivity index (χ0v) is 10.2. The van der Waals surface area contributed by atoms with Gasteiger partial charge in [0.15, 0.2) is 0 Å². The summed E-state index contributed by atoms with van der Waals surface area (Å²) in [6.07, 6.45) is 0.587. The second kappa shape index (κ2) is 7.24. The van der Waals surface area contributed by atoms with Crippen LogP contribution in [0.5, 0.6) is 0 Å². The quantitative estimate of drug-likeness (QED) is 0.691. The number of rotatable bonds is 6. The van der Waals surface area contributed by atoms with Gasteiger partial charge in [-0.15, -0.1) is 0 Å². The molecule has 1 saturated heterocycles.